The Bertz CT molecular complexity index is 315. The van der Waals surface area contributed by atoms with Crippen LogP contribution < -0.4 is 5.32 Å². The molecule has 0 unspecified atom stereocenters. The number of rotatable bonds is 7. The van der Waals surface area contributed by atoms with Crippen molar-refractivity contribution in [1.29, 1.82) is 0 Å². The Balaban J connectivity index is 2.05. The first-order chi connectivity index (χ1) is 9.24. The zero-order valence-corrected chi connectivity index (χ0v) is 12.2. The highest BCUT2D eigenvalue weighted by atomic mass is 32.2. The fourth-order valence-corrected chi connectivity index (χ4v) is 2.39. The van der Waals surface area contributed by atoms with Gasteiger partial charge in [0.05, 0.1) is 24.7 Å². The summed E-state index contributed by atoms with van der Waals surface area (Å²) in [7, 11) is 0. The molecule has 5 nitrogen and oxygen atoms in total. The Hall–Kier alpha value is -1.01. The maximum absolute atomic E-state index is 11.8. The van der Waals surface area contributed by atoms with Crippen LogP contribution in [-0.4, -0.2) is 61.1 Å². The van der Waals surface area contributed by atoms with E-state index in [4.69, 9.17) is 4.74 Å². The molecule has 0 bridgehead atoms. The van der Waals surface area contributed by atoms with Crippen molar-refractivity contribution in [1.82, 2.24) is 10.2 Å². The van der Waals surface area contributed by atoms with E-state index < -0.39 is 0 Å². The lowest BCUT2D eigenvalue weighted by Crippen LogP contribution is -2.41. The van der Waals surface area contributed by atoms with E-state index in [9.17, 15) is 9.59 Å². The van der Waals surface area contributed by atoms with Crippen LogP contribution in [0.1, 0.15) is 13.3 Å². The molecule has 6 heteroatoms. The van der Waals surface area contributed by atoms with Gasteiger partial charge in [-0.25, -0.2) is 0 Å². The molecule has 1 N–H and O–H groups in total. The second-order valence-electron chi connectivity index (χ2n) is 4.19. The van der Waals surface area contributed by atoms with Gasteiger partial charge in [-0.15, -0.1) is 11.8 Å². The van der Waals surface area contributed by atoms with E-state index >= 15 is 0 Å². The molecule has 108 valence electrons. The van der Waals surface area contributed by atoms with E-state index in [1.54, 1.807) is 4.90 Å². The highest BCUT2D eigenvalue weighted by molar-refractivity contribution is 8.00. The normalized spacial score (nSPS) is 15.7. The number of allylic oxidation sites excluding steroid dienone is 1. The standard InChI is InChI=1S/C13H22N2O3S/c1-2-3-4-5-14-12(16)10-19-11-13(17)15-6-8-18-9-7-15/h2-3H,4-11H2,1H3,(H,14,16)/b3-2+. The van der Waals surface area contributed by atoms with Crippen LogP contribution in [0.4, 0.5) is 0 Å². The first kappa shape index (κ1) is 16.0. The number of amides is 2. The van der Waals surface area contributed by atoms with Gasteiger partial charge in [0, 0.05) is 19.6 Å². The quantitative estimate of drug-likeness (QED) is 0.552. The molecule has 1 fully saturated rings. The Morgan fingerprint density at radius 1 is 1.32 bits per heavy atom. The van der Waals surface area contributed by atoms with E-state index in [0.29, 0.717) is 44.4 Å². The van der Waals surface area contributed by atoms with Crippen LogP contribution in [0.2, 0.25) is 0 Å². The molecule has 1 saturated heterocycles. The van der Waals surface area contributed by atoms with Crippen LogP contribution in [-0.2, 0) is 14.3 Å². The minimum Gasteiger partial charge on any atom is -0.378 e. The van der Waals surface area contributed by atoms with Gasteiger partial charge in [-0.2, -0.15) is 0 Å². The number of nitrogens with zero attached hydrogens (tertiary/aromatic N) is 1. The molecule has 2 amide bonds. The van der Waals surface area contributed by atoms with Crippen LogP contribution in [0.5, 0.6) is 0 Å². The minimum absolute atomic E-state index is 0.00993. The van der Waals surface area contributed by atoms with E-state index in [1.807, 2.05) is 19.1 Å². The summed E-state index contributed by atoms with van der Waals surface area (Å²) in [4.78, 5) is 25.0. The monoisotopic (exact) mass is 286 g/mol. The zero-order valence-electron chi connectivity index (χ0n) is 11.4. The summed E-state index contributed by atoms with van der Waals surface area (Å²) >= 11 is 1.36. The van der Waals surface area contributed by atoms with Crippen LogP contribution in [0, 0.1) is 0 Å². The van der Waals surface area contributed by atoms with E-state index in [-0.39, 0.29) is 11.8 Å². The van der Waals surface area contributed by atoms with Crippen molar-refractivity contribution < 1.29 is 14.3 Å². The fourth-order valence-electron chi connectivity index (χ4n) is 1.65. The van der Waals surface area contributed by atoms with Gasteiger partial charge >= 0.3 is 0 Å². The highest BCUT2D eigenvalue weighted by Crippen LogP contribution is 2.04. The van der Waals surface area contributed by atoms with Gasteiger partial charge in [0.1, 0.15) is 0 Å². The van der Waals surface area contributed by atoms with Crippen molar-refractivity contribution in [2.75, 3.05) is 44.4 Å². The summed E-state index contributed by atoms with van der Waals surface area (Å²) in [5, 5.41) is 2.81. The molecule has 0 spiro atoms. The summed E-state index contributed by atoms with van der Waals surface area (Å²) in [6.07, 6.45) is 4.82. The third-order valence-electron chi connectivity index (χ3n) is 2.69. The molecular formula is C13H22N2O3S. The molecule has 19 heavy (non-hydrogen) atoms. The molecule has 0 aromatic heterocycles. The average molecular weight is 286 g/mol. The van der Waals surface area contributed by atoms with Crippen molar-refractivity contribution in [3.8, 4) is 0 Å². The van der Waals surface area contributed by atoms with Crippen molar-refractivity contribution in [2.45, 2.75) is 13.3 Å². The molecule has 0 radical (unpaired) electrons. The molecule has 1 heterocycles. The molecular weight excluding hydrogens is 264 g/mol. The average Bonchev–Trinajstić information content (AvgIpc) is 2.44. The fraction of sp³-hybridized carbons (Fsp3) is 0.692. The maximum atomic E-state index is 11.8. The van der Waals surface area contributed by atoms with Crippen LogP contribution in [0.15, 0.2) is 12.2 Å². The number of ether oxygens (including phenoxy) is 1. The second-order valence-corrected chi connectivity index (χ2v) is 5.18. The molecule has 0 aromatic carbocycles. The van der Waals surface area contributed by atoms with E-state index in [2.05, 4.69) is 5.32 Å². The lowest BCUT2D eigenvalue weighted by atomic mass is 10.4. The summed E-state index contributed by atoms with van der Waals surface area (Å²) < 4.78 is 5.19. The summed E-state index contributed by atoms with van der Waals surface area (Å²) in [6, 6.07) is 0. The lowest BCUT2D eigenvalue weighted by Gasteiger charge is -2.26. The van der Waals surface area contributed by atoms with Crippen molar-refractivity contribution in [2.24, 2.45) is 0 Å². The molecule has 1 rings (SSSR count). The topological polar surface area (TPSA) is 58.6 Å². The maximum Gasteiger partial charge on any atom is 0.232 e. The van der Waals surface area contributed by atoms with Crippen LogP contribution in [0.25, 0.3) is 0 Å². The van der Waals surface area contributed by atoms with Gasteiger partial charge in [0.25, 0.3) is 0 Å². The Kier molecular flexibility index (Phi) is 8.33. The Morgan fingerprint density at radius 2 is 2.05 bits per heavy atom. The largest absolute Gasteiger partial charge is 0.378 e. The van der Waals surface area contributed by atoms with Gasteiger partial charge in [-0.3, -0.25) is 9.59 Å². The number of hydrogen-bond donors (Lipinski definition) is 1. The van der Waals surface area contributed by atoms with Gasteiger partial charge in [-0.05, 0) is 13.3 Å². The number of thioether (sulfide) groups is 1. The van der Waals surface area contributed by atoms with Crippen molar-refractivity contribution in [3.05, 3.63) is 12.2 Å². The predicted molar refractivity (Wildman–Crippen MR) is 77.2 cm³/mol. The highest BCUT2D eigenvalue weighted by Gasteiger charge is 2.16. The van der Waals surface area contributed by atoms with Gasteiger partial charge in [0.2, 0.25) is 11.8 Å². The molecule has 0 aliphatic carbocycles. The summed E-state index contributed by atoms with van der Waals surface area (Å²) in [6.45, 7) is 5.16. The smallest absolute Gasteiger partial charge is 0.232 e. The van der Waals surface area contributed by atoms with Gasteiger partial charge in [0.15, 0.2) is 0 Å². The summed E-state index contributed by atoms with van der Waals surface area (Å²) in [5.74, 6) is 0.785. The molecule has 1 aliphatic rings. The second kappa shape index (κ2) is 9.86. The van der Waals surface area contributed by atoms with Gasteiger partial charge < -0.3 is 15.0 Å². The van der Waals surface area contributed by atoms with Crippen molar-refractivity contribution >= 4 is 23.6 Å². The van der Waals surface area contributed by atoms with Crippen LogP contribution in [0.3, 0.4) is 0 Å². The van der Waals surface area contributed by atoms with Crippen LogP contribution >= 0.6 is 11.8 Å². The predicted octanol–water partition coefficient (Wildman–Crippen LogP) is 0.661. The SMILES string of the molecule is C/C=C/CCNC(=O)CSCC(=O)N1CCOCC1. The molecule has 0 aromatic rings. The van der Waals surface area contributed by atoms with E-state index in [0.717, 1.165) is 6.42 Å². The number of hydrogen-bond acceptors (Lipinski definition) is 4. The third kappa shape index (κ3) is 7.22. The third-order valence-corrected chi connectivity index (χ3v) is 3.61. The Labute approximate surface area is 118 Å². The number of carbonyl (C=O) groups excluding carboxylic acids is 2. The van der Waals surface area contributed by atoms with Crippen molar-refractivity contribution in [3.63, 3.8) is 0 Å². The molecule has 0 atom stereocenters. The summed E-state index contributed by atoms with van der Waals surface area (Å²) in [5.41, 5.74) is 0. The van der Waals surface area contributed by atoms with Gasteiger partial charge in [-0.1, -0.05) is 12.2 Å². The molecule has 0 saturated carbocycles. The minimum atomic E-state index is -0.00993. The lowest BCUT2D eigenvalue weighted by molar-refractivity contribution is -0.132. The number of nitrogens with one attached hydrogen (secondary N) is 1. The number of morpholine rings is 1. The zero-order chi connectivity index (χ0) is 13.9. The van der Waals surface area contributed by atoms with E-state index in [1.165, 1.54) is 11.8 Å². The molecule has 1 aliphatic heterocycles. The Morgan fingerprint density at radius 3 is 2.74 bits per heavy atom. The number of carbonyl (C=O) groups is 2. The first-order valence-electron chi connectivity index (χ1n) is 6.55. The first-order valence-corrected chi connectivity index (χ1v) is 7.70.